The minimum absolute atomic E-state index is 0.105. The zero-order valence-electron chi connectivity index (χ0n) is 16.2. The van der Waals surface area contributed by atoms with Crippen molar-refractivity contribution >= 4 is 50.2 Å². The van der Waals surface area contributed by atoms with Crippen LogP contribution in [-0.4, -0.2) is 39.5 Å². The first-order chi connectivity index (χ1) is 15.1. The van der Waals surface area contributed by atoms with Gasteiger partial charge >= 0.3 is 0 Å². The van der Waals surface area contributed by atoms with Crippen molar-refractivity contribution in [3.8, 4) is 11.6 Å². The van der Waals surface area contributed by atoms with E-state index >= 15 is 0 Å². The molecule has 5 rings (SSSR count). The molecule has 2 aromatic carbocycles. The average molecular weight is 478 g/mol. The highest BCUT2D eigenvalue weighted by Crippen LogP contribution is 2.34. The Morgan fingerprint density at radius 2 is 2.00 bits per heavy atom. The van der Waals surface area contributed by atoms with E-state index in [0.29, 0.717) is 22.9 Å². The number of carbonyl (C=O) groups excluding carboxylic acids is 2. The number of rotatable bonds is 4. The Hall–Kier alpha value is -3.72. The van der Waals surface area contributed by atoms with E-state index in [9.17, 15) is 9.59 Å². The molecule has 0 atom stereocenters. The van der Waals surface area contributed by atoms with Crippen LogP contribution in [0.1, 0.15) is 0 Å². The summed E-state index contributed by atoms with van der Waals surface area (Å²) in [6, 6.07) is 16.7. The molecule has 0 radical (unpaired) electrons. The fourth-order valence-electron chi connectivity index (χ4n) is 3.44. The molecule has 0 saturated heterocycles. The fourth-order valence-corrected chi connectivity index (χ4v) is 3.78. The molecule has 0 unspecified atom stereocenters. The van der Waals surface area contributed by atoms with Gasteiger partial charge in [-0.2, -0.15) is 0 Å². The van der Waals surface area contributed by atoms with Crippen molar-refractivity contribution in [3.05, 3.63) is 71.6 Å². The van der Waals surface area contributed by atoms with Gasteiger partial charge in [0, 0.05) is 4.47 Å². The molecule has 8 nitrogen and oxygen atoms in total. The Balaban J connectivity index is 1.31. The summed E-state index contributed by atoms with van der Waals surface area (Å²) in [6.45, 7) is -0.226. The van der Waals surface area contributed by atoms with Gasteiger partial charge in [0.15, 0.2) is 6.61 Å². The van der Waals surface area contributed by atoms with E-state index in [4.69, 9.17) is 4.74 Å². The van der Waals surface area contributed by atoms with Gasteiger partial charge in [0.25, 0.3) is 5.91 Å². The van der Waals surface area contributed by atoms with Gasteiger partial charge in [-0.15, -0.1) is 0 Å². The van der Waals surface area contributed by atoms with Crippen molar-refractivity contribution < 1.29 is 14.3 Å². The molecule has 154 valence electrons. The third-order valence-electron chi connectivity index (χ3n) is 4.90. The molecule has 31 heavy (non-hydrogen) atoms. The molecule has 1 aliphatic heterocycles. The Kier molecular flexibility index (Phi) is 4.87. The van der Waals surface area contributed by atoms with Crippen LogP contribution < -0.4 is 15.0 Å². The number of hydrogen-bond acceptors (Lipinski definition) is 5. The third-order valence-corrected chi connectivity index (χ3v) is 5.39. The van der Waals surface area contributed by atoms with E-state index in [2.05, 4.69) is 31.2 Å². The predicted octanol–water partition coefficient (Wildman–Crippen LogP) is 3.55. The van der Waals surface area contributed by atoms with Crippen LogP contribution >= 0.6 is 15.9 Å². The molecule has 3 heterocycles. The minimum atomic E-state index is -0.327. The zero-order valence-corrected chi connectivity index (χ0v) is 17.7. The first-order valence-electron chi connectivity index (χ1n) is 9.49. The van der Waals surface area contributed by atoms with Crippen LogP contribution in [0.3, 0.4) is 0 Å². The normalized spacial score (nSPS) is 13.1. The van der Waals surface area contributed by atoms with Crippen LogP contribution in [0.15, 0.2) is 71.6 Å². The first-order valence-corrected chi connectivity index (χ1v) is 10.3. The third kappa shape index (κ3) is 3.75. The van der Waals surface area contributed by atoms with Crippen molar-refractivity contribution in [2.75, 3.05) is 23.4 Å². The summed E-state index contributed by atoms with van der Waals surface area (Å²) in [5.41, 5.74) is 2.93. The van der Waals surface area contributed by atoms with Crippen LogP contribution in [0.2, 0.25) is 0 Å². The molecular weight excluding hydrogens is 462 g/mol. The highest BCUT2D eigenvalue weighted by atomic mass is 79.9. The van der Waals surface area contributed by atoms with Crippen LogP contribution in [0.5, 0.6) is 5.75 Å². The lowest BCUT2D eigenvalue weighted by Gasteiger charge is -2.28. The molecule has 1 aliphatic rings. The number of amides is 2. The van der Waals surface area contributed by atoms with Gasteiger partial charge in [0.05, 0.1) is 28.6 Å². The number of benzene rings is 2. The molecule has 0 fully saturated rings. The van der Waals surface area contributed by atoms with Crippen molar-refractivity contribution in [1.82, 2.24) is 14.5 Å². The number of nitrogens with zero attached hydrogens (tertiary/aromatic N) is 4. The summed E-state index contributed by atoms with van der Waals surface area (Å²) in [6.07, 6.45) is 3.29. The lowest BCUT2D eigenvalue weighted by atomic mass is 10.2. The number of anilines is 2. The van der Waals surface area contributed by atoms with E-state index in [-0.39, 0.29) is 25.0 Å². The highest BCUT2D eigenvalue weighted by molar-refractivity contribution is 9.10. The maximum atomic E-state index is 12.6. The molecule has 2 aromatic heterocycles. The summed E-state index contributed by atoms with van der Waals surface area (Å²) >= 11 is 3.38. The zero-order chi connectivity index (χ0) is 21.4. The number of nitrogens with one attached hydrogen (secondary N) is 1. The molecule has 0 spiro atoms. The van der Waals surface area contributed by atoms with Crippen molar-refractivity contribution in [1.29, 1.82) is 0 Å². The largest absolute Gasteiger partial charge is 0.482 e. The molecule has 4 aromatic rings. The smallest absolute Gasteiger partial charge is 0.265 e. The number of halogens is 1. The van der Waals surface area contributed by atoms with Crippen molar-refractivity contribution in [2.24, 2.45) is 0 Å². The number of ether oxygens (including phenoxy) is 1. The van der Waals surface area contributed by atoms with Crippen LogP contribution in [0.4, 0.5) is 11.4 Å². The lowest BCUT2D eigenvalue weighted by Crippen LogP contribution is -2.43. The summed E-state index contributed by atoms with van der Waals surface area (Å²) < 4.78 is 8.17. The summed E-state index contributed by atoms with van der Waals surface area (Å²) in [5.74, 6) is 0.645. The maximum absolute atomic E-state index is 12.6. The van der Waals surface area contributed by atoms with E-state index in [1.165, 1.54) is 4.90 Å². The predicted molar refractivity (Wildman–Crippen MR) is 119 cm³/mol. The second-order valence-electron chi connectivity index (χ2n) is 6.94. The number of hydrogen-bond donors (Lipinski definition) is 1. The molecule has 9 heteroatoms. The summed E-state index contributed by atoms with van der Waals surface area (Å²) in [4.78, 5) is 35.1. The first kappa shape index (κ1) is 19.3. The summed E-state index contributed by atoms with van der Waals surface area (Å²) in [7, 11) is 0. The molecule has 2 amide bonds. The second kappa shape index (κ2) is 7.84. The number of imidazole rings is 1. The fraction of sp³-hybridized carbons (Fsp3) is 0.0909. The van der Waals surface area contributed by atoms with E-state index in [0.717, 1.165) is 15.5 Å². The lowest BCUT2D eigenvalue weighted by molar-refractivity contribution is -0.123. The van der Waals surface area contributed by atoms with Crippen molar-refractivity contribution in [3.63, 3.8) is 0 Å². The van der Waals surface area contributed by atoms with E-state index in [1.807, 2.05) is 28.8 Å². The maximum Gasteiger partial charge on any atom is 0.265 e. The second-order valence-corrected chi connectivity index (χ2v) is 7.85. The van der Waals surface area contributed by atoms with Gasteiger partial charge in [-0.1, -0.05) is 28.1 Å². The van der Waals surface area contributed by atoms with Gasteiger partial charge in [0.1, 0.15) is 24.4 Å². The number of aromatic nitrogens is 3. The molecule has 0 aliphatic carbocycles. The highest BCUT2D eigenvalue weighted by Gasteiger charge is 2.27. The molecule has 0 saturated carbocycles. The van der Waals surface area contributed by atoms with Crippen LogP contribution in [0, 0.1) is 0 Å². The Bertz CT molecular complexity index is 1300. The number of para-hydroxylation sites is 2. The average Bonchev–Trinajstić information content (AvgIpc) is 3.20. The van der Waals surface area contributed by atoms with Crippen LogP contribution in [-0.2, 0) is 9.59 Å². The van der Waals surface area contributed by atoms with Gasteiger partial charge in [-0.05, 0) is 42.5 Å². The minimum Gasteiger partial charge on any atom is -0.482 e. The van der Waals surface area contributed by atoms with E-state index < -0.39 is 0 Å². The molecule has 1 N–H and O–H groups in total. The standard InChI is InChI=1S/C22H16BrN5O3/c23-14-5-7-18-19(9-14)31-12-22(30)27(18)11-21(29)26-15-6-8-20(24-10-15)28-13-25-16-3-1-2-4-17(16)28/h1-10,13H,11-12H2,(H,26,29). The van der Waals surface area contributed by atoms with E-state index in [1.54, 1.807) is 42.9 Å². The Morgan fingerprint density at radius 3 is 2.84 bits per heavy atom. The SMILES string of the molecule is O=C(CN1C(=O)COc2cc(Br)ccc21)Nc1ccc(-n2cnc3ccccc32)nc1. The number of fused-ring (bicyclic) bond motifs is 2. The Morgan fingerprint density at radius 1 is 1.13 bits per heavy atom. The van der Waals surface area contributed by atoms with Crippen molar-refractivity contribution in [2.45, 2.75) is 0 Å². The topological polar surface area (TPSA) is 89.4 Å². The summed E-state index contributed by atoms with van der Waals surface area (Å²) in [5, 5.41) is 2.79. The number of carbonyl (C=O) groups is 2. The van der Waals surface area contributed by atoms with Gasteiger partial charge < -0.3 is 10.1 Å². The molecule has 0 bridgehead atoms. The van der Waals surface area contributed by atoms with Gasteiger partial charge in [-0.3, -0.25) is 19.1 Å². The number of pyridine rings is 1. The monoisotopic (exact) mass is 477 g/mol. The van der Waals surface area contributed by atoms with Crippen LogP contribution in [0.25, 0.3) is 16.9 Å². The van der Waals surface area contributed by atoms with Gasteiger partial charge in [-0.25, -0.2) is 9.97 Å². The quantitative estimate of drug-likeness (QED) is 0.485. The van der Waals surface area contributed by atoms with Gasteiger partial charge in [0.2, 0.25) is 5.91 Å². The Labute approximate surface area is 185 Å². The molecular formula is C22H16BrN5O3.